The molecule has 0 radical (unpaired) electrons. The molecular weight excluding hydrogens is 178 g/mol. The summed E-state index contributed by atoms with van der Waals surface area (Å²) in [5.41, 5.74) is 0. The average molecular weight is 195 g/mol. The average Bonchev–Trinajstić information content (AvgIpc) is 2.85. The Labute approximate surface area is 84.2 Å². The molecule has 1 aliphatic rings. The number of hydrogen-bond donors (Lipinski definition) is 1. The Morgan fingerprint density at radius 1 is 1.54 bits per heavy atom. The summed E-state index contributed by atoms with van der Waals surface area (Å²) in [6.45, 7) is 3.34. The lowest BCUT2D eigenvalue weighted by molar-refractivity contribution is 0.575. The molecule has 1 atom stereocenters. The first-order valence-corrected chi connectivity index (χ1v) is 5.84. The summed E-state index contributed by atoms with van der Waals surface area (Å²) in [5.74, 6) is 1.74. The van der Waals surface area contributed by atoms with Crippen LogP contribution in [-0.4, -0.2) is 13.6 Å². The molecule has 1 saturated carbocycles. The van der Waals surface area contributed by atoms with Crippen molar-refractivity contribution < 1.29 is 0 Å². The summed E-state index contributed by atoms with van der Waals surface area (Å²) in [6.07, 6.45) is 2.87. The van der Waals surface area contributed by atoms with Crippen molar-refractivity contribution >= 4 is 11.3 Å². The van der Waals surface area contributed by atoms with Crippen LogP contribution < -0.4 is 5.32 Å². The predicted molar refractivity (Wildman–Crippen MR) is 58.4 cm³/mol. The van der Waals surface area contributed by atoms with Crippen LogP contribution in [0, 0.1) is 12.8 Å². The number of likely N-dealkylation sites (N-methyl/N-ethyl adjacent to an activating group) is 1. The number of thiophene rings is 1. The third-order valence-corrected chi connectivity index (χ3v) is 3.87. The van der Waals surface area contributed by atoms with E-state index in [0.29, 0.717) is 0 Å². The number of nitrogens with one attached hydrogen (secondary N) is 1. The minimum atomic E-state index is 0.781. The smallest absolute Gasteiger partial charge is 0.00944 e. The Morgan fingerprint density at radius 3 is 2.77 bits per heavy atom. The highest BCUT2D eigenvalue weighted by atomic mass is 32.1. The van der Waals surface area contributed by atoms with Gasteiger partial charge in [-0.25, -0.2) is 0 Å². The summed E-state index contributed by atoms with van der Waals surface area (Å²) in [7, 11) is 2.05. The van der Waals surface area contributed by atoms with Crippen molar-refractivity contribution in [2.45, 2.75) is 25.7 Å². The second kappa shape index (κ2) is 3.81. The van der Waals surface area contributed by atoms with Gasteiger partial charge in [-0.3, -0.25) is 0 Å². The minimum absolute atomic E-state index is 0.781. The Kier molecular flexibility index (Phi) is 2.70. The highest BCUT2D eigenvalue weighted by molar-refractivity contribution is 7.12. The summed E-state index contributed by atoms with van der Waals surface area (Å²) in [6, 6.07) is 4.55. The van der Waals surface area contributed by atoms with E-state index >= 15 is 0 Å². The zero-order valence-corrected chi connectivity index (χ0v) is 9.16. The lowest BCUT2D eigenvalue weighted by atomic mass is 10.0. The Bertz CT molecular complexity index is 275. The van der Waals surface area contributed by atoms with Gasteiger partial charge in [-0.2, -0.15) is 0 Å². The molecule has 1 fully saturated rings. The second-order valence-electron chi connectivity index (χ2n) is 3.95. The summed E-state index contributed by atoms with van der Waals surface area (Å²) >= 11 is 1.96. The lowest BCUT2D eigenvalue weighted by Crippen LogP contribution is -2.17. The van der Waals surface area contributed by atoms with Crippen molar-refractivity contribution in [3.8, 4) is 0 Å². The summed E-state index contributed by atoms with van der Waals surface area (Å²) < 4.78 is 0. The van der Waals surface area contributed by atoms with E-state index in [1.54, 1.807) is 4.88 Å². The fraction of sp³-hybridized carbons (Fsp3) is 0.636. The van der Waals surface area contributed by atoms with Crippen molar-refractivity contribution in [2.24, 2.45) is 5.92 Å². The number of hydrogen-bond acceptors (Lipinski definition) is 2. The van der Waals surface area contributed by atoms with Crippen LogP contribution in [0.3, 0.4) is 0 Å². The van der Waals surface area contributed by atoms with Gasteiger partial charge in [0.1, 0.15) is 0 Å². The van der Waals surface area contributed by atoms with Gasteiger partial charge in [-0.15, -0.1) is 11.3 Å². The van der Waals surface area contributed by atoms with Crippen LogP contribution in [-0.2, 0) is 0 Å². The Morgan fingerprint density at radius 2 is 2.31 bits per heavy atom. The molecule has 0 bridgehead atoms. The Hall–Kier alpha value is -0.340. The first-order valence-electron chi connectivity index (χ1n) is 5.02. The largest absolute Gasteiger partial charge is 0.319 e. The molecule has 2 heteroatoms. The highest BCUT2D eigenvalue weighted by Crippen LogP contribution is 2.44. The maximum absolute atomic E-state index is 3.30. The zero-order valence-electron chi connectivity index (χ0n) is 8.34. The van der Waals surface area contributed by atoms with E-state index in [4.69, 9.17) is 0 Å². The minimum Gasteiger partial charge on any atom is -0.319 e. The van der Waals surface area contributed by atoms with Crippen molar-refractivity contribution in [3.63, 3.8) is 0 Å². The van der Waals surface area contributed by atoms with Crippen LogP contribution in [0.4, 0.5) is 0 Å². The molecule has 13 heavy (non-hydrogen) atoms. The van der Waals surface area contributed by atoms with Crippen molar-refractivity contribution in [1.82, 2.24) is 5.32 Å². The van der Waals surface area contributed by atoms with Crippen LogP contribution in [0.2, 0.25) is 0 Å². The molecule has 0 aromatic carbocycles. The van der Waals surface area contributed by atoms with Crippen molar-refractivity contribution in [3.05, 3.63) is 21.9 Å². The monoisotopic (exact) mass is 195 g/mol. The van der Waals surface area contributed by atoms with Gasteiger partial charge >= 0.3 is 0 Å². The maximum Gasteiger partial charge on any atom is 0.00944 e. The van der Waals surface area contributed by atoms with Crippen molar-refractivity contribution in [1.29, 1.82) is 0 Å². The van der Waals surface area contributed by atoms with E-state index in [0.717, 1.165) is 18.4 Å². The molecule has 0 saturated heterocycles. The third kappa shape index (κ3) is 2.12. The van der Waals surface area contributed by atoms with Gasteiger partial charge in [0.15, 0.2) is 0 Å². The molecule has 0 spiro atoms. The van der Waals surface area contributed by atoms with Crippen LogP contribution in [0.25, 0.3) is 0 Å². The van der Waals surface area contributed by atoms with Gasteiger partial charge in [-0.1, -0.05) is 0 Å². The first-order chi connectivity index (χ1) is 6.31. The fourth-order valence-electron chi connectivity index (χ4n) is 1.87. The van der Waals surface area contributed by atoms with Gasteiger partial charge < -0.3 is 5.32 Å². The molecule has 72 valence electrons. The maximum atomic E-state index is 3.30. The van der Waals surface area contributed by atoms with Crippen LogP contribution >= 0.6 is 11.3 Å². The molecule has 2 rings (SSSR count). The molecule has 0 aliphatic heterocycles. The van der Waals surface area contributed by atoms with Crippen molar-refractivity contribution in [2.75, 3.05) is 13.6 Å². The highest BCUT2D eigenvalue weighted by Gasteiger charge is 2.32. The molecule has 0 amide bonds. The molecule has 1 nitrogen and oxygen atoms in total. The third-order valence-electron chi connectivity index (χ3n) is 2.74. The van der Waals surface area contributed by atoms with Gasteiger partial charge in [0, 0.05) is 22.2 Å². The van der Waals surface area contributed by atoms with E-state index in [9.17, 15) is 0 Å². The normalized spacial score (nSPS) is 18.9. The quantitative estimate of drug-likeness (QED) is 0.779. The Balaban J connectivity index is 2.10. The molecular formula is C11H17NS. The van der Waals surface area contributed by atoms with E-state index < -0.39 is 0 Å². The predicted octanol–water partition coefficient (Wildman–Crippen LogP) is 2.77. The van der Waals surface area contributed by atoms with E-state index in [1.165, 1.54) is 17.7 Å². The molecule has 1 aromatic heterocycles. The van der Waals surface area contributed by atoms with Crippen LogP contribution in [0.5, 0.6) is 0 Å². The summed E-state index contributed by atoms with van der Waals surface area (Å²) in [5, 5.41) is 3.30. The topological polar surface area (TPSA) is 12.0 Å². The standard InChI is InChI=1S/C11H17NS/c1-8-3-6-11(13-8)10(7-12-2)9-4-5-9/h3,6,9-10,12H,4-5,7H2,1-2H3. The molecule has 1 unspecified atom stereocenters. The molecule has 1 aliphatic carbocycles. The van der Waals surface area contributed by atoms with Gasteiger partial charge in [0.25, 0.3) is 0 Å². The number of rotatable bonds is 4. The van der Waals surface area contributed by atoms with Crippen LogP contribution in [0.1, 0.15) is 28.5 Å². The summed E-state index contributed by atoms with van der Waals surface area (Å²) in [4.78, 5) is 3.02. The van der Waals surface area contributed by atoms with E-state index in [1.807, 2.05) is 11.3 Å². The molecule has 1 N–H and O–H groups in total. The second-order valence-corrected chi connectivity index (χ2v) is 5.27. The zero-order chi connectivity index (χ0) is 9.26. The van der Waals surface area contributed by atoms with E-state index in [-0.39, 0.29) is 0 Å². The van der Waals surface area contributed by atoms with Crippen LogP contribution in [0.15, 0.2) is 12.1 Å². The van der Waals surface area contributed by atoms with Gasteiger partial charge in [0.2, 0.25) is 0 Å². The van der Waals surface area contributed by atoms with Gasteiger partial charge in [0.05, 0.1) is 0 Å². The fourth-order valence-corrected chi connectivity index (χ4v) is 2.94. The number of aryl methyl sites for hydroxylation is 1. The molecule has 1 heterocycles. The van der Waals surface area contributed by atoms with Gasteiger partial charge in [-0.05, 0) is 44.9 Å². The van der Waals surface area contributed by atoms with E-state index in [2.05, 4.69) is 31.4 Å². The molecule has 1 aromatic rings. The first kappa shape index (κ1) is 9.22. The lowest BCUT2D eigenvalue weighted by Gasteiger charge is -2.13. The SMILES string of the molecule is CNCC(c1ccc(C)s1)C1CC1.